The van der Waals surface area contributed by atoms with Gasteiger partial charge in [0.15, 0.2) is 0 Å². The maximum atomic E-state index is 12.3. The standard InChI is InChI=1S/C7H7F.BH2O2/c1-6-4-2-3-5-7(6)8;2-1-3/h2-5H,1H3;2-3H. The summed E-state index contributed by atoms with van der Waals surface area (Å²) in [6, 6.07) is 6.70. The highest BCUT2D eigenvalue weighted by molar-refractivity contribution is 6.13. The summed E-state index contributed by atoms with van der Waals surface area (Å²) in [7, 11) is 0. The van der Waals surface area contributed by atoms with Crippen molar-refractivity contribution in [3.63, 3.8) is 0 Å². The Morgan fingerprint density at radius 3 is 2.00 bits per heavy atom. The van der Waals surface area contributed by atoms with Gasteiger partial charge >= 0.3 is 7.69 Å². The Hall–Kier alpha value is -0.865. The molecule has 59 valence electrons. The highest BCUT2D eigenvalue weighted by Crippen LogP contribution is 2.01. The molecule has 0 aliphatic carbocycles. The van der Waals surface area contributed by atoms with Crippen molar-refractivity contribution in [1.29, 1.82) is 0 Å². The van der Waals surface area contributed by atoms with Gasteiger partial charge in [-0.15, -0.1) is 0 Å². The topological polar surface area (TPSA) is 40.5 Å². The van der Waals surface area contributed by atoms with Gasteiger partial charge in [-0.1, -0.05) is 18.2 Å². The number of hydrogen-bond acceptors (Lipinski definition) is 2. The van der Waals surface area contributed by atoms with Crippen LogP contribution >= 0.6 is 0 Å². The Bertz CT molecular complexity index is 184. The van der Waals surface area contributed by atoms with Crippen LogP contribution in [0.15, 0.2) is 24.3 Å². The molecule has 4 heteroatoms. The number of benzene rings is 1. The van der Waals surface area contributed by atoms with E-state index in [-0.39, 0.29) is 13.5 Å². The number of rotatable bonds is 0. The number of hydrogen-bond donors (Lipinski definition) is 2. The van der Waals surface area contributed by atoms with E-state index < -0.39 is 0 Å². The van der Waals surface area contributed by atoms with Gasteiger partial charge in [0.25, 0.3) is 0 Å². The van der Waals surface area contributed by atoms with Gasteiger partial charge in [-0.05, 0) is 18.6 Å². The summed E-state index contributed by atoms with van der Waals surface area (Å²) in [6.07, 6.45) is 0. The minimum absolute atomic E-state index is 0. The van der Waals surface area contributed by atoms with Crippen LogP contribution in [0.3, 0.4) is 0 Å². The van der Waals surface area contributed by atoms with Crippen molar-refractivity contribution >= 4 is 7.69 Å². The molecule has 0 aliphatic rings. The molecule has 0 aromatic heterocycles. The molecule has 2 nitrogen and oxygen atoms in total. The van der Waals surface area contributed by atoms with Gasteiger partial charge < -0.3 is 10.0 Å². The average Bonchev–Trinajstić information content (AvgIpc) is 1.97. The van der Waals surface area contributed by atoms with E-state index in [9.17, 15) is 4.39 Å². The van der Waals surface area contributed by atoms with Crippen molar-refractivity contribution in [3.8, 4) is 0 Å². The molecule has 0 spiro atoms. The quantitative estimate of drug-likeness (QED) is 0.539. The minimum atomic E-state index is -0.132. The molecular weight excluding hydrogens is 146 g/mol. The van der Waals surface area contributed by atoms with Crippen LogP contribution in [0.2, 0.25) is 0 Å². The normalized spacial score (nSPS) is 8.00. The third kappa shape index (κ3) is 4.53. The van der Waals surface area contributed by atoms with Crippen molar-refractivity contribution in [2.24, 2.45) is 0 Å². The van der Waals surface area contributed by atoms with E-state index in [1.807, 2.05) is 6.07 Å². The molecule has 0 saturated heterocycles. The molecule has 1 aromatic rings. The van der Waals surface area contributed by atoms with Crippen LogP contribution in [0, 0.1) is 12.7 Å². The zero-order chi connectivity index (χ0) is 8.69. The van der Waals surface area contributed by atoms with Gasteiger partial charge in [0.1, 0.15) is 5.82 Å². The van der Waals surface area contributed by atoms with Crippen molar-refractivity contribution in [1.82, 2.24) is 0 Å². The molecule has 0 aliphatic heterocycles. The van der Waals surface area contributed by atoms with Gasteiger partial charge in [0.2, 0.25) is 0 Å². The SMILES string of the molecule is Cc1ccccc1F.O[B]O. The second-order valence-corrected chi connectivity index (χ2v) is 1.86. The van der Waals surface area contributed by atoms with Crippen LogP contribution in [-0.4, -0.2) is 17.7 Å². The average molecular weight is 155 g/mol. The molecule has 0 bridgehead atoms. The minimum Gasteiger partial charge on any atom is -0.429 e. The van der Waals surface area contributed by atoms with Crippen LogP contribution in [0.4, 0.5) is 4.39 Å². The van der Waals surface area contributed by atoms with Gasteiger partial charge in [-0.25, -0.2) is 4.39 Å². The molecule has 0 amide bonds. The van der Waals surface area contributed by atoms with Gasteiger partial charge in [-0.3, -0.25) is 0 Å². The zero-order valence-electron chi connectivity index (χ0n) is 6.16. The molecular formula is C7H9BFO2. The molecule has 1 radical (unpaired) electrons. The molecule has 0 fully saturated rings. The Morgan fingerprint density at radius 2 is 1.73 bits per heavy atom. The highest BCUT2D eigenvalue weighted by Gasteiger charge is 1.88. The van der Waals surface area contributed by atoms with E-state index in [1.165, 1.54) is 6.07 Å². The highest BCUT2D eigenvalue weighted by atomic mass is 19.1. The molecule has 0 saturated carbocycles. The van der Waals surface area contributed by atoms with Gasteiger partial charge in [0.05, 0.1) is 0 Å². The Kier molecular flexibility index (Phi) is 5.42. The van der Waals surface area contributed by atoms with Crippen LogP contribution in [0.5, 0.6) is 0 Å². The van der Waals surface area contributed by atoms with E-state index in [1.54, 1.807) is 19.1 Å². The Morgan fingerprint density at radius 1 is 1.27 bits per heavy atom. The van der Waals surface area contributed by atoms with Crippen LogP contribution in [0.25, 0.3) is 0 Å². The summed E-state index contributed by atoms with van der Waals surface area (Å²) >= 11 is 0. The fourth-order valence-corrected chi connectivity index (χ4v) is 0.551. The lowest BCUT2D eigenvalue weighted by atomic mass is 10.2. The van der Waals surface area contributed by atoms with Gasteiger partial charge in [-0.2, -0.15) is 0 Å². The summed E-state index contributed by atoms with van der Waals surface area (Å²) in [5.41, 5.74) is 0.701. The molecule has 0 unspecified atom stereocenters. The number of halogens is 1. The Balaban J connectivity index is 0.000000292. The molecule has 11 heavy (non-hydrogen) atoms. The van der Waals surface area contributed by atoms with E-state index in [4.69, 9.17) is 10.0 Å². The first-order valence-electron chi connectivity index (χ1n) is 3.03. The maximum absolute atomic E-state index is 12.3. The lowest BCUT2D eigenvalue weighted by Crippen LogP contribution is -1.76. The fraction of sp³-hybridized carbons (Fsp3) is 0.143. The van der Waals surface area contributed by atoms with Crippen molar-refractivity contribution in [3.05, 3.63) is 35.6 Å². The fourth-order valence-electron chi connectivity index (χ4n) is 0.551. The summed E-state index contributed by atoms with van der Waals surface area (Å²) in [4.78, 5) is 0. The largest absolute Gasteiger partial charge is 0.482 e. The third-order valence-corrected chi connectivity index (χ3v) is 1.08. The second kappa shape index (κ2) is 5.89. The number of aryl methyl sites for hydroxylation is 1. The maximum Gasteiger partial charge on any atom is 0.482 e. The summed E-state index contributed by atoms with van der Waals surface area (Å²) in [6.45, 7) is 1.75. The predicted octanol–water partition coefficient (Wildman–Crippen LogP) is 0.639. The first kappa shape index (κ1) is 10.1. The first-order valence-corrected chi connectivity index (χ1v) is 3.03. The second-order valence-electron chi connectivity index (χ2n) is 1.86. The summed E-state index contributed by atoms with van der Waals surface area (Å²) in [5, 5.41) is 14.0. The van der Waals surface area contributed by atoms with Crippen LogP contribution in [-0.2, 0) is 0 Å². The Labute approximate surface area is 65.6 Å². The molecule has 0 heterocycles. The molecule has 1 rings (SSSR count). The molecule has 2 N–H and O–H groups in total. The van der Waals surface area contributed by atoms with E-state index >= 15 is 0 Å². The van der Waals surface area contributed by atoms with E-state index in [2.05, 4.69) is 0 Å². The third-order valence-electron chi connectivity index (χ3n) is 1.08. The predicted molar refractivity (Wildman–Crippen MR) is 41.3 cm³/mol. The monoisotopic (exact) mass is 155 g/mol. The van der Waals surface area contributed by atoms with Crippen LogP contribution in [0.1, 0.15) is 5.56 Å². The molecule has 0 atom stereocenters. The zero-order valence-corrected chi connectivity index (χ0v) is 6.16. The van der Waals surface area contributed by atoms with Crippen molar-refractivity contribution in [2.75, 3.05) is 0 Å². The lowest BCUT2D eigenvalue weighted by Gasteiger charge is -1.89. The van der Waals surface area contributed by atoms with Crippen LogP contribution < -0.4 is 0 Å². The van der Waals surface area contributed by atoms with E-state index in [0.717, 1.165) is 0 Å². The summed E-state index contributed by atoms with van der Waals surface area (Å²) < 4.78 is 12.3. The molecule has 1 aromatic carbocycles. The lowest BCUT2D eigenvalue weighted by molar-refractivity contribution is 0.448. The smallest absolute Gasteiger partial charge is 0.429 e. The van der Waals surface area contributed by atoms with Crippen molar-refractivity contribution < 1.29 is 14.4 Å². The van der Waals surface area contributed by atoms with E-state index in [0.29, 0.717) is 5.56 Å². The first-order chi connectivity index (χ1) is 5.22. The van der Waals surface area contributed by atoms with Crippen molar-refractivity contribution in [2.45, 2.75) is 6.92 Å². The van der Waals surface area contributed by atoms with Gasteiger partial charge in [0, 0.05) is 0 Å². The summed E-state index contributed by atoms with van der Waals surface area (Å²) in [5.74, 6) is -0.132.